The number of benzene rings is 1. The number of rotatable bonds is 1. The smallest absolute Gasteiger partial charge is 0.337 e. The molecule has 5 nitrogen and oxygen atoms in total. The molecule has 0 aliphatic carbocycles. The van der Waals surface area contributed by atoms with Crippen molar-refractivity contribution in [2.24, 2.45) is 11.5 Å². The van der Waals surface area contributed by atoms with Crippen LogP contribution in [0.1, 0.15) is 10.4 Å². The van der Waals surface area contributed by atoms with Crippen molar-refractivity contribution in [3.05, 3.63) is 29.8 Å². The van der Waals surface area contributed by atoms with Crippen molar-refractivity contribution in [2.45, 2.75) is 0 Å². The first-order valence-corrected chi connectivity index (χ1v) is 3.61. The summed E-state index contributed by atoms with van der Waals surface area (Å²) < 4.78 is 0. The lowest BCUT2D eigenvalue weighted by Crippen LogP contribution is -2.08. The second kappa shape index (κ2) is 5.99. The summed E-state index contributed by atoms with van der Waals surface area (Å²) in [6.07, 6.45) is 0. The van der Waals surface area contributed by atoms with Gasteiger partial charge in [0.25, 0.3) is 0 Å². The maximum atomic E-state index is 10.3. The van der Waals surface area contributed by atoms with Gasteiger partial charge in [-0.25, -0.2) is 4.79 Å². The van der Waals surface area contributed by atoms with Crippen molar-refractivity contribution in [1.82, 2.24) is 0 Å². The van der Waals surface area contributed by atoms with Crippen molar-refractivity contribution >= 4 is 11.7 Å². The summed E-state index contributed by atoms with van der Waals surface area (Å²) in [7, 11) is 0. The third-order valence-corrected chi connectivity index (χ3v) is 1.19. The highest BCUT2D eigenvalue weighted by Gasteiger charge is 2.03. The van der Waals surface area contributed by atoms with Gasteiger partial charge in [-0.3, -0.25) is 0 Å². The van der Waals surface area contributed by atoms with E-state index in [0.29, 0.717) is 5.69 Å². The summed E-state index contributed by atoms with van der Waals surface area (Å²) in [5.74, 6) is -0.988. The lowest BCUT2D eigenvalue weighted by molar-refractivity contribution is 0.0698. The van der Waals surface area contributed by atoms with E-state index in [1.807, 2.05) is 0 Å². The Hall–Kier alpha value is -1.59. The van der Waals surface area contributed by atoms with Crippen LogP contribution in [0.5, 0.6) is 0 Å². The molecule has 0 atom stereocenters. The summed E-state index contributed by atoms with van der Waals surface area (Å²) in [5.41, 5.74) is 15.0. The first-order valence-electron chi connectivity index (χ1n) is 3.61. The molecule has 0 amide bonds. The van der Waals surface area contributed by atoms with Crippen LogP contribution in [0.4, 0.5) is 5.69 Å². The minimum Gasteiger partial charge on any atom is -0.478 e. The van der Waals surface area contributed by atoms with E-state index in [1.54, 1.807) is 18.2 Å². The fraction of sp³-hybridized carbons (Fsp3) is 0.125. The van der Waals surface area contributed by atoms with Gasteiger partial charge >= 0.3 is 5.97 Å². The first-order chi connectivity index (χ1) is 6.13. The highest BCUT2D eigenvalue weighted by Crippen LogP contribution is 2.08. The van der Waals surface area contributed by atoms with Crippen molar-refractivity contribution in [3.63, 3.8) is 0 Å². The topological polar surface area (TPSA) is 115 Å². The van der Waals surface area contributed by atoms with Gasteiger partial charge in [0.2, 0.25) is 0 Å². The van der Waals surface area contributed by atoms with E-state index in [-0.39, 0.29) is 12.2 Å². The lowest BCUT2D eigenvalue weighted by Gasteiger charge is -1.96. The Balaban J connectivity index is 0.000000424. The van der Waals surface area contributed by atoms with E-state index in [2.05, 4.69) is 11.5 Å². The average Bonchev–Trinajstić information content (AvgIpc) is 2.06. The Morgan fingerprint density at radius 1 is 1.31 bits per heavy atom. The number of nitrogen functional groups attached to an aromatic ring is 1. The number of nitrogens with two attached hydrogens (primary N) is 3. The number of aromatic carboxylic acids is 1. The fourth-order valence-electron chi connectivity index (χ4n) is 0.692. The summed E-state index contributed by atoms with van der Waals surface area (Å²) in [6, 6.07) is 6.36. The number of carbonyl (C=O) groups is 1. The molecule has 7 N–H and O–H groups in total. The van der Waals surface area contributed by atoms with Gasteiger partial charge in [-0.1, -0.05) is 12.1 Å². The third kappa shape index (κ3) is 4.09. The molecule has 0 saturated heterocycles. The predicted molar refractivity (Wildman–Crippen MR) is 51.1 cm³/mol. The molecule has 0 aliphatic heterocycles. The second-order valence-corrected chi connectivity index (χ2v) is 2.13. The van der Waals surface area contributed by atoms with Gasteiger partial charge in [0, 0.05) is 12.4 Å². The fourth-order valence-corrected chi connectivity index (χ4v) is 0.692. The largest absolute Gasteiger partial charge is 0.478 e. The van der Waals surface area contributed by atoms with Crippen LogP contribution < -0.4 is 17.2 Å². The summed E-state index contributed by atoms with van der Waals surface area (Å²) >= 11 is 0. The monoisotopic (exact) mass is 183 g/mol. The Morgan fingerprint density at radius 3 is 2.08 bits per heavy atom. The Morgan fingerprint density at radius 2 is 1.77 bits per heavy atom. The Labute approximate surface area is 76.1 Å². The molecule has 0 aliphatic rings. The van der Waals surface area contributed by atoms with Gasteiger partial charge in [-0.05, 0) is 12.1 Å². The van der Waals surface area contributed by atoms with Gasteiger partial charge in [0.05, 0.1) is 5.56 Å². The highest BCUT2D eigenvalue weighted by molar-refractivity contribution is 5.93. The molecule has 0 spiro atoms. The van der Waals surface area contributed by atoms with Crippen LogP contribution in [-0.4, -0.2) is 17.7 Å². The number of hydrogen-bond acceptors (Lipinski definition) is 4. The number of hydrogen-bond donors (Lipinski definition) is 4. The maximum Gasteiger partial charge on any atom is 0.337 e. The molecule has 1 rings (SSSR count). The van der Waals surface area contributed by atoms with E-state index < -0.39 is 5.97 Å². The molecule has 0 saturated carbocycles. The molecular weight excluding hydrogens is 170 g/mol. The zero-order chi connectivity index (χ0) is 10.3. The van der Waals surface area contributed by atoms with Crippen molar-refractivity contribution in [3.8, 4) is 0 Å². The SMILES string of the molecule is NCN.Nc1ccccc1C(=O)O. The van der Waals surface area contributed by atoms with Gasteiger partial charge in [0.15, 0.2) is 0 Å². The molecule has 1 aromatic rings. The van der Waals surface area contributed by atoms with Gasteiger partial charge < -0.3 is 22.3 Å². The second-order valence-electron chi connectivity index (χ2n) is 2.13. The zero-order valence-electron chi connectivity index (χ0n) is 7.10. The molecule has 1 aromatic carbocycles. The van der Waals surface area contributed by atoms with Gasteiger partial charge in [-0.2, -0.15) is 0 Å². The van der Waals surface area contributed by atoms with E-state index in [9.17, 15) is 4.79 Å². The van der Waals surface area contributed by atoms with Crippen LogP contribution in [0.2, 0.25) is 0 Å². The molecule has 0 aromatic heterocycles. The molecule has 72 valence electrons. The molecule has 0 radical (unpaired) electrons. The summed E-state index contributed by atoms with van der Waals surface area (Å²) in [5, 5.41) is 8.49. The van der Waals surface area contributed by atoms with Crippen LogP contribution >= 0.6 is 0 Å². The molecule has 5 heteroatoms. The van der Waals surface area contributed by atoms with Crippen LogP contribution in [-0.2, 0) is 0 Å². The number of carboxylic acids is 1. The standard InChI is InChI=1S/C7H7NO2.CH6N2/c8-6-4-2-1-3-5(6)7(9)10;2-1-3/h1-4H,8H2,(H,9,10);1-3H2. The van der Waals surface area contributed by atoms with E-state index in [0.717, 1.165) is 0 Å². The van der Waals surface area contributed by atoms with Crippen molar-refractivity contribution in [2.75, 3.05) is 12.4 Å². The molecule has 0 bridgehead atoms. The van der Waals surface area contributed by atoms with Crippen LogP contribution in [0.3, 0.4) is 0 Å². The normalized spacial score (nSPS) is 8.46. The predicted octanol–water partition coefficient (Wildman–Crippen LogP) is -0.172. The average molecular weight is 183 g/mol. The number of anilines is 1. The maximum absolute atomic E-state index is 10.3. The van der Waals surface area contributed by atoms with E-state index >= 15 is 0 Å². The summed E-state index contributed by atoms with van der Waals surface area (Å²) in [6.45, 7) is 0.250. The summed E-state index contributed by atoms with van der Waals surface area (Å²) in [4.78, 5) is 10.3. The zero-order valence-corrected chi connectivity index (χ0v) is 7.10. The minimum atomic E-state index is -0.988. The van der Waals surface area contributed by atoms with Gasteiger partial charge in [-0.15, -0.1) is 0 Å². The van der Waals surface area contributed by atoms with Crippen molar-refractivity contribution in [1.29, 1.82) is 0 Å². The Kier molecular flexibility index (Phi) is 5.25. The Bertz CT molecular complexity index is 276. The van der Waals surface area contributed by atoms with Crippen LogP contribution in [0.15, 0.2) is 24.3 Å². The van der Waals surface area contributed by atoms with Gasteiger partial charge in [0.1, 0.15) is 0 Å². The molecule has 0 heterocycles. The lowest BCUT2D eigenvalue weighted by atomic mass is 10.2. The quantitative estimate of drug-likeness (QED) is 0.356. The molecule has 0 unspecified atom stereocenters. The molecule has 13 heavy (non-hydrogen) atoms. The molecule has 0 fully saturated rings. The number of para-hydroxylation sites is 1. The highest BCUT2D eigenvalue weighted by atomic mass is 16.4. The van der Waals surface area contributed by atoms with E-state index in [4.69, 9.17) is 10.8 Å². The molecular formula is C8H13N3O2. The van der Waals surface area contributed by atoms with Crippen LogP contribution in [0.25, 0.3) is 0 Å². The van der Waals surface area contributed by atoms with Crippen LogP contribution in [0, 0.1) is 0 Å². The number of carboxylic acid groups (broad SMARTS) is 1. The third-order valence-electron chi connectivity index (χ3n) is 1.19. The van der Waals surface area contributed by atoms with Crippen molar-refractivity contribution < 1.29 is 9.90 Å². The van der Waals surface area contributed by atoms with E-state index in [1.165, 1.54) is 6.07 Å². The minimum absolute atomic E-state index is 0.155. The first kappa shape index (κ1) is 11.4.